The summed E-state index contributed by atoms with van der Waals surface area (Å²) in [6.07, 6.45) is 1.87. The fourth-order valence-electron chi connectivity index (χ4n) is 1.48. The van der Waals surface area contributed by atoms with Gasteiger partial charge in [-0.25, -0.2) is 0 Å². The fraction of sp³-hybridized carbons (Fsp3) is 0.889. The lowest BCUT2D eigenvalue weighted by atomic mass is 9.88. The lowest BCUT2D eigenvalue weighted by molar-refractivity contribution is -0.862. The molecule has 0 aromatic heterocycles. The largest absolute Gasteiger partial charge is 1.00 e. The molecule has 0 heterocycles. The SMILES string of the molecule is C[N+](C)(C)CC(=O)NC1CC(N)C1.Cl.[I-]. The third-order valence-electron chi connectivity index (χ3n) is 2.16. The smallest absolute Gasteiger partial charge is 0.275 e. The van der Waals surface area contributed by atoms with Crippen LogP contribution in [0.2, 0.25) is 0 Å². The van der Waals surface area contributed by atoms with Gasteiger partial charge in [0.15, 0.2) is 6.54 Å². The Morgan fingerprint density at radius 1 is 1.40 bits per heavy atom. The van der Waals surface area contributed by atoms with Crippen LogP contribution in [0.25, 0.3) is 0 Å². The van der Waals surface area contributed by atoms with Crippen LogP contribution >= 0.6 is 12.4 Å². The summed E-state index contributed by atoms with van der Waals surface area (Å²) in [5, 5.41) is 2.97. The van der Waals surface area contributed by atoms with E-state index in [1.807, 2.05) is 21.1 Å². The second-order valence-corrected chi connectivity index (χ2v) is 4.94. The quantitative estimate of drug-likeness (QED) is 0.415. The van der Waals surface area contributed by atoms with Crippen LogP contribution in [-0.2, 0) is 4.79 Å². The van der Waals surface area contributed by atoms with Crippen LogP contribution < -0.4 is 35.0 Å². The van der Waals surface area contributed by atoms with Gasteiger partial charge in [-0.2, -0.15) is 0 Å². The molecule has 92 valence electrons. The summed E-state index contributed by atoms with van der Waals surface area (Å²) in [6, 6.07) is 0.628. The van der Waals surface area contributed by atoms with Gasteiger partial charge in [0, 0.05) is 12.1 Å². The minimum absolute atomic E-state index is 0. The minimum Gasteiger partial charge on any atom is -1.00 e. The van der Waals surface area contributed by atoms with Crippen molar-refractivity contribution < 1.29 is 33.3 Å². The molecule has 0 bridgehead atoms. The first kappa shape index (κ1) is 17.8. The molecular weight excluding hydrogens is 328 g/mol. The van der Waals surface area contributed by atoms with E-state index in [2.05, 4.69) is 5.32 Å². The molecule has 3 N–H and O–H groups in total. The molecule has 1 rings (SSSR count). The highest BCUT2D eigenvalue weighted by Gasteiger charge is 2.28. The van der Waals surface area contributed by atoms with E-state index < -0.39 is 0 Å². The molecule has 0 aromatic carbocycles. The molecule has 0 radical (unpaired) electrons. The predicted octanol–water partition coefficient (Wildman–Crippen LogP) is -3.28. The fourth-order valence-corrected chi connectivity index (χ4v) is 1.48. The number of halogens is 2. The Labute approximate surface area is 115 Å². The number of hydrogen-bond donors (Lipinski definition) is 2. The Morgan fingerprint density at radius 3 is 2.20 bits per heavy atom. The second-order valence-electron chi connectivity index (χ2n) is 4.94. The summed E-state index contributed by atoms with van der Waals surface area (Å²) in [7, 11) is 6.02. The van der Waals surface area contributed by atoms with Crippen LogP contribution in [-0.4, -0.2) is 50.2 Å². The Bertz CT molecular complexity index is 202. The number of carbonyl (C=O) groups is 1. The maximum atomic E-state index is 11.4. The van der Waals surface area contributed by atoms with Crippen molar-refractivity contribution in [2.45, 2.75) is 24.9 Å². The molecule has 1 aliphatic rings. The van der Waals surface area contributed by atoms with Gasteiger partial charge in [-0.05, 0) is 12.8 Å². The molecule has 15 heavy (non-hydrogen) atoms. The minimum atomic E-state index is 0. The van der Waals surface area contributed by atoms with Crippen LogP contribution in [0.15, 0.2) is 0 Å². The Kier molecular flexibility index (Phi) is 8.16. The highest BCUT2D eigenvalue weighted by Crippen LogP contribution is 2.17. The van der Waals surface area contributed by atoms with Crippen molar-refractivity contribution in [2.24, 2.45) is 5.73 Å². The number of carbonyl (C=O) groups excluding carboxylic acids is 1. The van der Waals surface area contributed by atoms with E-state index in [1.54, 1.807) is 0 Å². The van der Waals surface area contributed by atoms with Crippen molar-refractivity contribution in [3.8, 4) is 0 Å². The van der Waals surface area contributed by atoms with Gasteiger partial charge in [-0.3, -0.25) is 4.79 Å². The number of nitrogens with one attached hydrogen (secondary N) is 1. The van der Waals surface area contributed by atoms with Crippen molar-refractivity contribution in [3.05, 3.63) is 0 Å². The lowest BCUT2D eigenvalue weighted by Crippen LogP contribution is -3.00. The van der Waals surface area contributed by atoms with E-state index in [-0.39, 0.29) is 42.3 Å². The predicted molar refractivity (Wildman–Crippen MR) is 59.3 cm³/mol. The maximum Gasteiger partial charge on any atom is 0.275 e. The average molecular weight is 350 g/mol. The molecule has 0 atom stereocenters. The molecule has 0 spiro atoms. The summed E-state index contributed by atoms with van der Waals surface area (Å²) < 4.78 is 0.671. The summed E-state index contributed by atoms with van der Waals surface area (Å²) in [5.41, 5.74) is 5.62. The Hall–Kier alpha value is 0.410. The van der Waals surface area contributed by atoms with Crippen molar-refractivity contribution >= 4 is 18.3 Å². The van der Waals surface area contributed by atoms with Crippen molar-refractivity contribution in [2.75, 3.05) is 27.7 Å². The number of nitrogens with two attached hydrogens (primary N) is 1. The van der Waals surface area contributed by atoms with E-state index >= 15 is 0 Å². The van der Waals surface area contributed by atoms with Gasteiger partial charge in [0.1, 0.15) is 0 Å². The zero-order chi connectivity index (χ0) is 10.1. The number of rotatable bonds is 3. The monoisotopic (exact) mass is 349 g/mol. The van der Waals surface area contributed by atoms with E-state index in [0.717, 1.165) is 12.8 Å². The van der Waals surface area contributed by atoms with Gasteiger partial charge in [0.25, 0.3) is 5.91 Å². The van der Waals surface area contributed by atoms with Gasteiger partial charge in [0.2, 0.25) is 0 Å². The normalized spacial score (nSPS) is 24.3. The molecular formula is C9H21ClIN3O. The summed E-state index contributed by atoms with van der Waals surface area (Å²) >= 11 is 0. The Morgan fingerprint density at radius 2 is 1.87 bits per heavy atom. The molecule has 6 heteroatoms. The number of likely N-dealkylation sites (N-methyl/N-ethyl adjacent to an activating group) is 1. The van der Waals surface area contributed by atoms with E-state index in [1.165, 1.54) is 0 Å². The molecule has 0 aliphatic heterocycles. The molecule has 1 aliphatic carbocycles. The molecule has 0 saturated heterocycles. The molecule has 1 saturated carbocycles. The highest BCUT2D eigenvalue weighted by molar-refractivity contribution is 5.85. The molecule has 1 fully saturated rings. The van der Waals surface area contributed by atoms with Gasteiger partial charge < -0.3 is 39.5 Å². The van der Waals surface area contributed by atoms with E-state index in [0.29, 0.717) is 23.1 Å². The maximum absolute atomic E-state index is 11.4. The van der Waals surface area contributed by atoms with Crippen LogP contribution in [0.4, 0.5) is 0 Å². The van der Waals surface area contributed by atoms with Crippen LogP contribution in [0.1, 0.15) is 12.8 Å². The van der Waals surface area contributed by atoms with Gasteiger partial charge in [-0.1, -0.05) is 0 Å². The van der Waals surface area contributed by atoms with Crippen molar-refractivity contribution in [3.63, 3.8) is 0 Å². The van der Waals surface area contributed by atoms with Gasteiger partial charge in [0.05, 0.1) is 21.1 Å². The number of nitrogens with zero attached hydrogens (tertiary/aromatic N) is 1. The molecule has 1 amide bonds. The number of amides is 1. The zero-order valence-corrected chi connectivity index (χ0v) is 12.5. The molecule has 0 unspecified atom stereocenters. The van der Waals surface area contributed by atoms with E-state index in [9.17, 15) is 4.79 Å². The summed E-state index contributed by atoms with van der Waals surface area (Å²) in [6.45, 7) is 0.533. The summed E-state index contributed by atoms with van der Waals surface area (Å²) in [5.74, 6) is 0.129. The highest BCUT2D eigenvalue weighted by atomic mass is 127. The Balaban J connectivity index is 0. The van der Waals surface area contributed by atoms with Gasteiger partial charge >= 0.3 is 0 Å². The topological polar surface area (TPSA) is 55.1 Å². The number of quaternary nitrogens is 1. The molecule has 0 aromatic rings. The second kappa shape index (κ2) is 6.88. The van der Waals surface area contributed by atoms with Crippen LogP contribution in [0, 0.1) is 0 Å². The number of hydrogen-bond acceptors (Lipinski definition) is 2. The van der Waals surface area contributed by atoms with Crippen molar-refractivity contribution in [1.29, 1.82) is 0 Å². The van der Waals surface area contributed by atoms with Gasteiger partial charge in [-0.15, -0.1) is 12.4 Å². The third kappa shape index (κ3) is 7.32. The lowest BCUT2D eigenvalue weighted by Gasteiger charge is -2.33. The first-order chi connectivity index (χ1) is 5.87. The first-order valence-corrected chi connectivity index (χ1v) is 4.72. The zero-order valence-electron chi connectivity index (χ0n) is 9.50. The first-order valence-electron chi connectivity index (χ1n) is 4.72. The van der Waals surface area contributed by atoms with Crippen molar-refractivity contribution in [1.82, 2.24) is 5.32 Å². The van der Waals surface area contributed by atoms with Crippen LogP contribution in [0.3, 0.4) is 0 Å². The summed E-state index contributed by atoms with van der Waals surface area (Å²) in [4.78, 5) is 11.4. The van der Waals surface area contributed by atoms with E-state index in [4.69, 9.17) is 5.73 Å². The van der Waals surface area contributed by atoms with Crippen LogP contribution in [0.5, 0.6) is 0 Å². The average Bonchev–Trinajstić information content (AvgIpc) is 1.79. The standard InChI is InChI=1S/C9H19N3O.ClH.HI/c1-12(2,3)6-9(13)11-8-4-7(10)5-8;;/h7-8H,4-6,10H2,1-3H3;2*1H. The third-order valence-corrected chi connectivity index (χ3v) is 2.16. The molecule has 4 nitrogen and oxygen atoms in total.